The Morgan fingerprint density at radius 3 is 2.93 bits per heavy atom. The molecule has 0 bridgehead atoms. The highest BCUT2D eigenvalue weighted by Crippen LogP contribution is 2.19. The van der Waals surface area contributed by atoms with E-state index in [9.17, 15) is 4.39 Å². The largest absolute Gasteiger partial charge is 0.309 e. The monoisotopic (exact) mass is 279 g/mol. The van der Waals surface area contributed by atoms with Gasteiger partial charge in [-0.25, -0.2) is 4.39 Å². The van der Waals surface area contributed by atoms with Gasteiger partial charge < -0.3 is 5.32 Å². The summed E-state index contributed by atoms with van der Waals surface area (Å²) >= 11 is 9.14. The van der Waals surface area contributed by atoms with Crippen LogP contribution >= 0.6 is 27.5 Å². The molecule has 1 rings (SSSR count). The van der Waals surface area contributed by atoms with Crippen LogP contribution in [0.2, 0.25) is 5.02 Å². The number of hydrogen-bond acceptors (Lipinski definition) is 1. The van der Waals surface area contributed by atoms with Crippen molar-refractivity contribution in [1.82, 2.24) is 5.32 Å². The molecule has 0 fully saturated rings. The minimum Gasteiger partial charge on any atom is -0.309 e. The van der Waals surface area contributed by atoms with Crippen LogP contribution in [-0.2, 0) is 6.54 Å². The predicted octanol–water partition coefficient (Wildman–Crippen LogP) is 3.35. The smallest absolute Gasteiger partial charge is 0.142 e. The molecule has 0 saturated carbocycles. The van der Waals surface area contributed by atoms with E-state index < -0.39 is 0 Å². The number of hydrogen-bond donors (Lipinski definition) is 1. The van der Waals surface area contributed by atoms with Crippen molar-refractivity contribution < 1.29 is 4.39 Å². The fourth-order valence-corrected chi connectivity index (χ4v) is 1.45. The van der Waals surface area contributed by atoms with Crippen LogP contribution in [0.3, 0.4) is 0 Å². The molecule has 14 heavy (non-hydrogen) atoms. The summed E-state index contributed by atoms with van der Waals surface area (Å²) in [7, 11) is 0. The lowest BCUT2D eigenvalue weighted by atomic mass is 10.2. The zero-order valence-corrected chi connectivity index (χ0v) is 10.2. The van der Waals surface area contributed by atoms with Crippen molar-refractivity contribution >= 4 is 27.5 Å². The molecule has 0 radical (unpaired) electrons. The zero-order chi connectivity index (χ0) is 10.6. The van der Waals surface area contributed by atoms with Crippen LogP contribution < -0.4 is 5.32 Å². The van der Waals surface area contributed by atoms with E-state index in [0.29, 0.717) is 12.6 Å². The maximum atomic E-state index is 13.0. The Balaban J connectivity index is 2.63. The van der Waals surface area contributed by atoms with Crippen molar-refractivity contribution in [2.75, 3.05) is 5.33 Å². The van der Waals surface area contributed by atoms with Crippen molar-refractivity contribution in [2.45, 2.75) is 19.5 Å². The molecule has 78 valence electrons. The van der Waals surface area contributed by atoms with E-state index in [1.807, 2.05) is 13.0 Å². The first-order chi connectivity index (χ1) is 6.65. The lowest BCUT2D eigenvalue weighted by Gasteiger charge is -2.11. The Hall–Kier alpha value is -0.120. The van der Waals surface area contributed by atoms with Crippen molar-refractivity contribution in [2.24, 2.45) is 0 Å². The van der Waals surface area contributed by atoms with Gasteiger partial charge in [0, 0.05) is 17.9 Å². The summed E-state index contributed by atoms with van der Waals surface area (Å²) in [5.74, 6) is -0.363. The number of halogens is 3. The Kier molecular flexibility index (Phi) is 4.85. The Morgan fingerprint density at radius 1 is 1.57 bits per heavy atom. The highest BCUT2D eigenvalue weighted by molar-refractivity contribution is 9.09. The lowest BCUT2D eigenvalue weighted by molar-refractivity contribution is 0.589. The summed E-state index contributed by atoms with van der Waals surface area (Å²) in [4.78, 5) is 0. The lowest BCUT2D eigenvalue weighted by Crippen LogP contribution is -2.26. The summed E-state index contributed by atoms with van der Waals surface area (Å²) in [6.45, 7) is 2.63. The van der Waals surface area contributed by atoms with Crippen molar-refractivity contribution in [3.8, 4) is 0 Å². The van der Waals surface area contributed by atoms with Crippen LogP contribution in [0.4, 0.5) is 4.39 Å². The third-order valence-corrected chi connectivity index (χ3v) is 3.30. The van der Waals surface area contributed by atoms with Gasteiger partial charge in [0.1, 0.15) is 5.82 Å². The van der Waals surface area contributed by atoms with Crippen molar-refractivity contribution in [1.29, 1.82) is 0 Å². The average Bonchev–Trinajstić information content (AvgIpc) is 2.20. The van der Waals surface area contributed by atoms with E-state index in [4.69, 9.17) is 11.6 Å². The fourth-order valence-electron chi connectivity index (χ4n) is 1.02. The van der Waals surface area contributed by atoms with Gasteiger partial charge in [-0.1, -0.05) is 39.7 Å². The van der Waals surface area contributed by atoms with Crippen molar-refractivity contribution in [3.05, 3.63) is 34.6 Å². The van der Waals surface area contributed by atoms with Gasteiger partial charge in [0.2, 0.25) is 0 Å². The summed E-state index contributed by atoms with van der Waals surface area (Å²) < 4.78 is 13.0. The van der Waals surface area contributed by atoms with E-state index >= 15 is 0 Å². The van der Waals surface area contributed by atoms with Gasteiger partial charge in [0.15, 0.2) is 0 Å². The third kappa shape index (κ3) is 3.23. The molecule has 0 aliphatic carbocycles. The molecule has 0 aliphatic heterocycles. The van der Waals surface area contributed by atoms with Gasteiger partial charge in [-0.2, -0.15) is 0 Å². The summed E-state index contributed by atoms with van der Waals surface area (Å²) in [5, 5.41) is 4.29. The third-order valence-electron chi connectivity index (χ3n) is 1.90. The minimum atomic E-state index is -0.363. The molecule has 4 heteroatoms. The SMILES string of the molecule is CC(CBr)NCc1cccc(F)c1Cl. The fraction of sp³-hybridized carbons (Fsp3) is 0.400. The van der Waals surface area contributed by atoms with Crippen LogP contribution in [0.5, 0.6) is 0 Å². The maximum absolute atomic E-state index is 13.0. The second kappa shape index (κ2) is 5.69. The van der Waals surface area contributed by atoms with Gasteiger partial charge in [0.05, 0.1) is 5.02 Å². The highest BCUT2D eigenvalue weighted by Gasteiger charge is 2.06. The van der Waals surface area contributed by atoms with Gasteiger partial charge in [0.25, 0.3) is 0 Å². The summed E-state index contributed by atoms with van der Waals surface area (Å²) in [6.07, 6.45) is 0. The molecule has 1 aromatic rings. The number of nitrogens with one attached hydrogen (secondary N) is 1. The molecule has 1 atom stereocenters. The molecule has 1 N–H and O–H groups in total. The first-order valence-electron chi connectivity index (χ1n) is 4.37. The van der Waals surface area contributed by atoms with Gasteiger partial charge in [-0.15, -0.1) is 0 Å². The molecule has 0 heterocycles. The number of benzene rings is 1. The molecule has 1 unspecified atom stereocenters. The van der Waals surface area contributed by atoms with Crippen molar-refractivity contribution in [3.63, 3.8) is 0 Å². The second-order valence-electron chi connectivity index (χ2n) is 3.15. The molecule has 0 saturated heterocycles. The Bertz CT molecular complexity index is 306. The first kappa shape index (κ1) is 12.0. The standard InChI is InChI=1S/C10H12BrClFN/c1-7(5-11)14-6-8-3-2-4-9(13)10(8)12/h2-4,7,14H,5-6H2,1H3. The number of rotatable bonds is 4. The van der Waals surface area contributed by atoms with Crippen LogP contribution in [-0.4, -0.2) is 11.4 Å². The zero-order valence-electron chi connectivity index (χ0n) is 7.86. The molecule has 0 aromatic heterocycles. The second-order valence-corrected chi connectivity index (χ2v) is 4.17. The number of alkyl halides is 1. The van der Waals surface area contributed by atoms with E-state index in [1.165, 1.54) is 6.07 Å². The molecule has 1 aromatic carbocycles. The van der Waals surface area contributed by atoms with E-state index in [0.717, 1.165) is 10.9 Å². The quantitative estimate of drug-likeness (QED) is 0.834. The highest BCUT2D eigenvalue weighted by atomic mass is 79.9. The molecule has 0 spiro atoms. The van der Waals surface area contributed by atoms with E-state index in [2.05, 4.69) is 21.2 Å². The van der Waals surface area contributed by atoms with Crippen LogP contribution in [0.25, 0.3) is 0 Å². The Labute approximate surface area is 96.8 Å². The Morgan fingerprint density at radius 2 is 2.29 bits per heavy atom. The average molecular weight is 281 g/mol. The first-order valence-corrected chi connectivity index (χ1v) is 5.87. The summed E-state index contributed by atoms with van der Waals surface area (Å²) in [6, 6.07) is 5.19. The normalized spacial score (nSPS) is 12.9. The van der Waals surface area contributed by atoms with Gasteiger partial charge >= 0.3 is 0 Å². The molecule has 1 nitrogen and oxygen atoms in total. The molecular weight excluding hydrogens is 268 g/mol. The van der Waals surface area contributed by atoms with Gasteiger partial charge in [-0.05, 0) is 18.6 Å². The van der Waals surface area contributed by atoms with Crippen LogP contribution in [0.1, 0.15) is 12.5 Å². The molecular formula is C10H12BrClFN. The van der Waals surface area contributed by atoms with Crippen LogP contribution in [0, 0.1) is 5.82 Å². The van der Waals surface area contributed by atoms with E-state index in [-0.39, 0.29) is 10.8 Å². The van der Waals surface area contributed by atoms with E-state index in [1.54, 1.807) is 6.07 Å². The predicted molar refractivity (Wildman–Crippen MR) is 61.5 cm³/mol. The molecule has 0 amide bonds. The van der Waals surface area contributed by atoms with Crippen LogP contribution in [0.15, 0.2) is 18.2 Å². The van der Waals surface area contributed by atoms with Gasteiger partial charge in [-0.3, -0.25) is 0 Å². The topological polar surface area (TPSA) is 12.0 Å². The minimum absolute atomic E-state index is 0.210. The maximum Gasteiger partial charge on any atom is 0.142 e. The molecule has 0 aliphatic rings. The summed E-state index contributed by atoms with van der Waals surface area (Å²) in [5.41, 5.74) is 0.791.